The van der Waals surface area contributed by atoms with Crippen molar-refractivity contribution in [2.75, 3.05) is 7.11 Å². The number of hydrogen-bond acceptors (Lipinski definition) is 1. The van der Waals surface area contributed by atoms with Gasteiger partial charge in [-0.05, 0) is 36.2 Å². The van der Waals surface area contributed by atoms with Crippen LogP contribution >= 0.6 is 31.9 Å². The van der Waals surface area contributed by atoms with Gasteiger partial charge in [0.2, 0.25) is 0 Å². The number of hydrogen-bond donors (Lipinski definition) is 0. The van der Waals surface area contributed by atoms with E-state index in [9.17, 15) is 8.78 Å². The molecule has 0 aliphatic heterocycles. The van der Waals surface area contributed by atoms with Gasteiger partial charge in [0.25, 0.3) is 0 Å². The quantitative estimate of drug-likeness (QED) is 0.617. The van der Waals surface area contributed by atoms with Crippen molar-refractivity contribution in [2.45, 2.75) is 11.2 Å². The molecule has 0 radical (unpaired) electrons. The molecule has 1 unspecified atom stereocenters. The van der Waals surface area contributed by atoms with E-state index in [4.69, 9.17) is 4.74 Å². The van der Waals surface area contributed by atoms with E-state index in [1.165, 1.54) is 18.2 Å². The third kappa shape index (κ3) is 3.38. The molecule has 0 aromatic heterocycles. The van der Waals surface area contributed by atoms with Crippen LogP contribution in [0.1, 0.15) is 16.0 Å². The van der Waals surface area contributed by atoms with Gasteiger partial charge in [0, 0.05) is 14.9 Å². The second-order valence-electron chi connectivity index (χ2n) is 4.26. The molecule has 5 heteroatoms. The van der Waals surface area contributed by atoms with Crippen LogP contribution in [-0.4, -0.2) is 7.11 Å². The van der Waals surface area contributed by atoms with Crippen molar-refractivity contribution < 1.29 is 13.5 Å². The van der Waals surface area contributed by atoms with Gasteiger partial charge in [-0.1, -0.05) is 44.0 Å². The van der Waals surface area contributed by atoms with E-state index >= 15 is 0 Å². The maximum Gasteiger partial charge on any atom is 0.129 e. The Balaban J connectivity index is 2.26. The third-order valence-electron chi connectivity index (χ3n) is 2.99. The first-order valence-corrected chi connectivity index (χ1v) is 7.64. The molecule has 20 heavy (non-hydrogen) atoms. The highest BCUT2D eigenvalue weighted by atomic mass is 79.9. The van der Waals surface area contributed by atoms with Crippen molar-refractivity contribution >= 4 is 31.9 Å². The average molecular weight is 406 g/mol. The van der Waals surface area contributed by atoms with E-state index in [0.717, 1.165) is 15.8 Å². The molecule has 0 N–H and O–H groups in total. The zero-order valence-corrected chi connectivity index (χ0v) is 13.8. The fourth-order valence-corrected chi connectivity index (χ4v) is 3.57. The first-order chi connectivity index (χ1) is 9.52. The Labute approximate surface area is 133 Å². The highest BCUT2D eigenvalue weighted by Gasteiger charge is 2.17. The number of methoxy groups -OCH3 is 1. The molecule has 1 atom stereocenters. The average Bonchev–Trinajstić information content (AvgIpc) is 2.42. The molecular formula is C15H12Br2F2O. The van der Waals surface area contributed by atoms with Crippen LogP contribution in [0, 0.1) is 11.6 Å². The fraction of sp³-hybridized carbons (Fsp3) is 0.200. The van der Waals surface area contributed by atoms with E-state index in [-0.39, 0.29) is 16.8 Å². The van der Waals surface area contributed by atoms with Crippen LogP contribution < -0.4 is 4.74 Å². The lowest BCUT2D eigenvalue weighted by atomic mass is 10.0. The van der Waals surface area contributed by atoms with Gasteiger partial charge in [-0.2, -0.15) is 0 Å². The van der Waals surface area contributed by atoms with Crippen molar-refractivity contribution in [3.05, 3.63) is 63.6 Å². The lowest BCUT2D eigenvalue weighted by Gasteiger charge is -2.14. The Morgan fingerprint density at radius 1 is 1.15 bits per heavy atom. The van der Waals surface area contributed by atoms with Crippen LogP contribution in [0.25, 0.3) is 0 Å². The minimum absolute atomic E-state index is 0.0806. The Morgan fingerprint density at radius 2 is 1.80 bits per heavy atom. The molecule has 1 nitrogen and oxygen atoms in total. The molecule has 0 heterocycles. The van der Waals surface area contributed by atoms with Crippen LogP contribution in [0.5, 0.6) is 5.75 Å². The maximum atomic E-state index is 13.7. The van der Waals surface area contributed by atoms with Gasteiger partial charge in [0.15, 0.2) is 0 Å². The number of ether oxygens (including phenoxy) is 1. The Morgan fingerprint density at radius 3 is 2.35 bits per heavy atom. The summed E-state index contributed by atoms with van der Waals surface area (Å²) in [6.45, 7) is 0. The van der Waals surface area contributed by atoms with Crippen LogP contribution in [0.3, 0.4) is 0 Å². The lowest BCUT2D eigenvalue weighted by Crippen LogP contribution is -2.02. The summed E-state index contributed by atoms with van der Waals surface area (Å²) in [5, 5.41) is 0. The number of benzene rings is 2. The van der Waals surface area contributed by atoms with Gasteiger partial charge in [-0.3, -0.25) is 0 Å². The monoisotopic (exact) mass is 404 g/mol. The molecule has 0 aliphatic rings. The van der Waals surface area contributed by atoms with E-state index in [1.54, 1.807) is 7.11 Å². The summed E-state index contributed by atoms with van der Waals surface area (Å²) in [4.78, 5) is -0.200. The predicted molar refractivity (Wildman–Crippen MR) is 82.4 cm³/mol. The Hall–Kier alpha value is -0.940. The molecule has 0 saturated heterocycles. The van der Waals surface area contributed by atoms with E-state index in [0.29, 0.717) is 0 Å². The van der Waals surface area contributed by atoms with Crippen molar-refractivity contribution in [3.8, 4) is 5.75 Å². The van der Waals surface area contributed by atoms with Crippen molar-refractivity contribution in [3.63, 3.8) is 0 Å². The van der Waals surface area contributed by atoms with Gasteiger partial charge in [-0.25, -0.2) is 8.78 Å². The molecule has 0 amide bonds. The number of halogens is 4. The summed E-state index contributed by atoms with van der Waals surface area (Å²) in [6.07, 6.45) is 0.226. The summed E-state index contributed by atoms with van der Waals surface area (Å²) >= 11 is 6.93. The minimum Gasteiger partial charge on any atom is -0.497 e. The van der Waals surface area contributed by atoms with Gasteiger partial charge >= 0.3 is 0 Å². The molecule has 0 spiro atoms. The standard InChI is InChI=1S/C15H12Br2F2O/c1-20-9-5-6-10(12(16)7-9)13(17)8-11-14(18)3-2-4-15(11)19/h2-7,13H,8H2,1H3. The van der Waals surface area contributed by atoms with E-state index < -0.39 is 11.6 Å². The molecular weight excluding hydrogens is 394 g/mol. The van der Waals surface area contributed by atoms with E-state index in [2.05, 4.69) is 31.9 Å². The highest BCUT2D eigenvalue weighted by molar-refractivity contribution is 9.11. The second kappa shape index (κ2) is 6.68. The van der Waals surface area contributed by atoms with E-state index in [1.807, 2.05) is 18.2 Å². The number of rotatable bonds is 4. The first kappa shape index (κ1) is 15.4. The van der Waals surface area contributed by atoms with Crippen molar-refractivity contribution in [1.29, 1.82) is 0 Å². The number of alkyl halides is 1. The zero-order valence-electron chi connectivity index (χ0n) is 10.7. The summed E-state index contributed by atoms with van der Waals surface area (Å²) < 4.78 is 33.3. The smallest absolute Gasteiger partial charge is 0.129 e. The van der Waals surface area contributed by atoms with Crippen LogP contribution in [0.4, 0.5) is 8.78 Å². The van der Waals surface area contributed by atoms with Gasteiger partial charge in [0.1, 0.15) is 17.4 Å². The summed E-state index contributed by atoms with van der Waals surface area (Å²) in [7, 11) is 1.59. The molecule has 0 fully saturated rings. The van der Waals surface area contributed by atoms with Gasteiger partial charge in [0.05, 0.1) is 7.11 Å². The second-order valence-corrected chi connectivity index (χ2v) is 6.22. The minimum atomic E-state index is -0.529. The summed E-state index contributed by atoms with van der Waals surface area (Å²) in [5.74, 6) is -0.337. The first-order valence-electron chi connectivity index (χ1n) is 5.93. The highest BCUT2D eigenvalue weighted by Crippen LogP contribution is 2.35. The molecule has 2 rings (SSSR count). The molecule has 2 aromatic carbocycles. The maximum absolute atomic E-state index is 13.7. The zero-order chi connectivity index (χ0) is 14.7. The van der Waals surface area contributed by atoms with Gasteiger partial charge < -0.3 is 4.74 Å². The van der Waals surface area contributed by atoms with Crippen molar-refractivity contribution in [2.24, 2.45) is 0 Å². The van der Waals surface area contributed by atoms with Crippen LogP contribution in [-0.2, 0) is 6.42 Å². The summed E-state index contributed by atoms with van der Waals surface area (Å²) in [5.41, 5.74) is 0.991. The predicted octanol–water partition coefficient (Wildman–Crippen LogP) is 5.41. The Kier molecular flexibility index (Phi) is 5.16. The van der Waals surface area contributed by atoms with Gasteiger partial charge in [-0.15, -0.1) is 0 Å². The molecule has 0 bridgehead atoms. The lowest BCUT2D eigenvalue weighted by molar-refractivity contribution is 0.414. The molecule has 0 saturated carbocycles. The van der Waals surface area contributed by atoms with Crippen LogP contribution in [0.15, 0.2) is 40.9 Å². The normalized spacial score (nSPS) is 12.2. The summed E-state index contributed by atoms with van der Waals surface area (Å²) in [6, 6.07) is 9.39. The third-order valence-corrected chi connectivity index (χ3v) is 4.49. The van der Waals surface area contributed by atoms with Crippen molar-refractivity contribution in [1.82, 2.24) is 0 Å². The largest absolute Gasteiger partial charge is 0.497 e. The fourth-order valence-electron chi connectivity index (χ4n) is 1.91. The van der Waals surface area contributed by atoms with Crippen LogP contribution in [0.2, 0.25) is 0 Å². The molecule has 106 valence electrons. The molecule has 0 aliphatic carbocycles. The topological polar surface area (TPSA) is 9.23 Å². The Bertz CT molecular complexity index is 597. The molecule has 2 aromatic rings. The SMILES string of the molecule is COc1ccc(C(Br)Cc2c(F)cccc2F)c(Br)c1.